The SMILES string of the molecule is CC1CNCC(C)N1C(=O)CSc1ccccc1. The van der Waals surface area contributed by atoms with E-state index in [2.05, 4.69) is 19.2 Å². The maximum absolute atomic E-state index is 12.3. The third-order valence-electron chi connectivity index (χ3n) is 3.22. The Labute approximate surface area is 113 Å². The van der Waals surface area contributed by atoms with Crippen LogP contribution in [0.3, 0.4) is 0 Å². The van der Waals surface area contributed by atoms with Crippen molar-refractivity contribution in [3.63, 3.8) is 0 Å². The molecule has 1 aliphatic rings. The van der Waals surface area contributed by atoms with Crippen LogP contribution in [-0.2, 0) is 4.79 Å². The number of thioether (sulfide) groups is 1. The second-order valence-electron chi connectivity index (χ2n) is 4.76. The first-order valence-corrected chi connectivity index (χ1v) is 7.37. The molecule has 1 aromatic carbocycles. The molecule has 1 aromatic rings. The smallest absolute Gasteiger partial charge is 0.233 e. The normalized spacial score (nSPS) is 24.0. The summed E-state index contributed by atoms with van der Waals surface area (Å²) >= 11 is 1.61. The van der Waals surface area contributed by atoms with Crippen molar-refractivity contribution in [3.8, 4) is 0 Å². The molecular weight excluding hydrogens is 244 g/mol. The van der Waals surface area contributed by atoms with Crippen molar-refractivity contribution in [3.05, 3.63) is 30.3 Å². The van der Waals surface area contributed by atoms with E-state index in [9.17, 15) is 4.79 Å². The number of carbonyl (C=O) groups is 1. The number of piperazine rings is 1. The van der Waals surface area contributed by atoms with E-state index in [1.165, 1.54) is 0 Å². The van der Waals surface area contributed by atoms with Gasteiger partial charge in [0.25, 0.3) is 0 Å². The van der Waals surface area contributed by atoms with Crippen molar-refractivity contribution in [2.24, 2.45) is 0 Å². The number of benzene rings is 1. The Morgan fingerprint density at radius 2 is 1.89 bits per heavy atom. The van der Waals surface area contributed by atoms with Crippen LogP contribution in [0.2, 0.25) is 0 Å². The largest absolute Gasteiger partial charge is 0.334 e. The lowest BCUT2D eigenvalue weighted by molar-refractivity contribution is -0.133. The first kappa shape index (κ1) is 13.4. The fourth-order valence-electron chi connectivity index (χ4n) is 2.36. The Morgan fingerprint density at radius 1 is 1.28 bits per heavy atom. The van der Waals surface area contributed by atoms with Crippen molar-refractivity contribution in [1.82, 2.24) is 10.2 Å². The Hall–Kier alpha value is -1.00. The maximum atomic E-state index is 12.3. The summed E-state index contributed by atoms with van der Waals surface area (Å²) in [4.78, 5) is 15.4. The Kier molecular flexibility index (Phi) is 4.66. The molecule has 2 rings (SSSR count). The molecule has 0 spiro atoms. The van der Waals surface area contributed by atoms with E-state index in [4.69, 9.17) is 0 Å². The molecule has 98 valence electrons. The Bertz CT molecular complexity index is 386. The number of nitrogens with one attached hydrogen (secondary N) is 1. The minimum Gasteiger partial charge on any atom is -0.334 e. The second-order valence-corrected chi connectivity index (χ2v) is 5.81. The van der Waals surface area contributed by atoms with Gasteiger partial charge >= 0.3 is 0 Å². The van der Waals surface area contributed by atoms with Gasteiger partial charge in [-0.1, -0.05) is 18.2 Å². The third kappa shape index (κ3) is 3.27. The standard InChI is InChI=1S/C14H20N2OS/c1-11-8-15-9-12(2)16(11)14(17)10-18-13-6-4-3-5-7-13/h3-7,11-12,15H,8-10H2,1-2H3. The van der Waals surface area contributed by atoms with E-state index in [-0.39, 0.29) is 18.0 Å². The van der Waals surface area contributed by atoms with Crippen LogP contribution < -0.4 is 5.32 Å². The number of hydrogen-bond acceptors (Lipinski definition) is 3. The van der Waals surface area contributed by atoms with E-state index in [0.717, 1.165) is 18.0 Å². The van der Waals surface area contributed by atoms with Gasteiger partial charge in [-0.25, -0.2) is 0 Å². The fourth-order valence-corrected chi connectivity index (χ4v) is 3.15. The van der Waals surface area contributed by atoms with Crippen LogP contribution in [-0.4, -0.2) is 41.7 Å². The predicted octanol–water partition coefficient (Wildman–Crippen LogP) is 1.99. The molecule has 0 radical (unpaired) electrons. The van der Waals surface area contributed by atoms with Gasteiger partial charge in [0.15, 0.2) is 0 Å². The van der Waals surface area contributed by atoms with Crippen LogP contribution in [0.4, 0.5) is 0 Å². The van der Waals surface area contributed by atoms with Crippen molar-refractivity contribution in [2.45, 2.75) is 30.8 Å². The lowest BCUT2D eigenvalue weighted by Gasteiger charge is -2.39. The first-order valence-electron chi connectivity index (χ1n) is 6.38. The molecule has 0 saturated carbocycles. The van der Waals surface area contributed by atoms with Gasteiger partial charge in [0, 0.05) is 30.1 Å². The quantitative estimate of drug-likeness (QED) is 0.847. The topological polar surface area (TPSA) is 32.3 Å². The molecule has 1 fully saturated rings. The van der Waals surface area contributed by atoms with Crippen LogP contribution in [0.1, 0.15) is 13.8 Å². The molecule has 0 aromatic heterocycles. The Morgan fingerprint density at radius 3 is 2.50 bits per heavy atom. The summed E-state index contributed by atoms with van der Waals surface area (Å²) in [6.07, 6.45) is 0. The molecule has 0 bridgehead atoms. The van der Waals surface area contributed by atoms with Crippen molar-refractivity contribution in [1.29, 1.82) is 0 Å². The van der Waals surface area contributed by atoms with Crippen LogP contribution in [0.15, 0.2) is 35.2 Å². The van der Waals surface area contributed by atoms with Gasteiger partial charge in [-0.3, -0.25) is 4.79 Å². The highest BCUT2D eigenvalue weighted by molar-refractivity contribution is 8.00. The summed E-state index contributed by atoms with van der Waals surface area (Å²) in [5.74, 6) is 0.768. The van der Waals surface area contributed by atoms with Gasteiger partial charge in [0.05, 0.1) is 5.75 Å². The van der Waals surface area contributed by atoms with E-state index in [1.807, 2.05) is 35.2 Å². The molecule has 18 heavy (non-hydrogen) atoms. The van der Waals surface area contributed by atoms with Gasteiger partial charge < -0.3 is 10.2 Å². The minimum atomic E-state index is 0.241. The monoisotopic (exact) mass is 264 g/mol. The molecule has 1 amide bonds. The lowest BCUT2D eigenvalue weighted by Crippen LogP contribution is -2.57. The third-order valence-corrected chi connectivity index (χ3v) is 4.22. The molecule has 0 aliphatic carbocycles. The van der Waals surface area contributed by atoms with Gasteiger partial charge in [0.1, 0.15) is 0 Å². The van der Waals surface area contributed by atoms with E-state index >= 15 is 0 Å². The molecule has 2 unspecified atom stereocenters. The fraction of sp³-hybridized carbons (Fsp3) is 0.500. The van der Waals surface area contributed by atoms with Crippen molar-refractivity contribution in [2.75, 3.05) is 18.8 Å². The number of amides is 1. The highest BCUT2D eigenvalue weighted by Gasteiger charge is 2.28. The molecule has 1 heterocycles. The molecule has 1 N–H and O–H groups in total. The molecule has 2 atom stereocenters. The van der Waals surface area contributed by atoms with Gasteiger partial charge in [-0.05, 0) is 26.0 Å². The summed E-state index contributed by atoms with van der Waals surface area (Å²) in [6, 6.07) is 10.7. The van der Waals surface area contributed by atoms with Crippen molar-refractivity contribution >= 4 is 17.7 Å². The molecule has 4 heteroatoms. The first-order chi connectivity index (χ1) is 8.68. The molecule has 1 saturated heterocycles. The van der Waals surface area contributed by atoms with Crippen LogP contribution in [0, 0.1) is 0 Å². The number of nitrogens with zero attached hydrogens (tertiary/aromatic N) is 1. The van der Waals surface area contributed by atoms with Gasteiger partial charge in [-0.15, -0.1) is 11.8 Å². The second kappa shape index (κ2) is 6.25. The van der Waals surface area contributed by atoms with E-state index in [1.54, 1.807) is 11.8 Å². The summed E-state index contributed by atoms with van der Waals surface area (Å²) in [6.45, 7) is 6.00. The maximum Gasteiger partial charge on any atom is 0.233 e. The van der Waals surface area contributed by atoms with E-state index < -0.39 is 0 Å². The number of hydrogen-bond donors (Lipinski definition) is 1. The van der Waals surface area contributed by atoms with Crippen LogP contribution in [0.25, 0.3) is 0 Å². The Balaban J connectivity index is 1.91. The molecule has 1 aliphatic heterocycles. The zero-order chi connectivity index (χ0) is 13.0. The van der Waals surface area contributed by atoms with E-state index in [0.29, 0.717) is 5.75 Å². The molecular formula is C14H20N2OS. The van der Waals surface area contributed by atoms with Crippen LogP contribution >= 0.6 is 11.8 Å². The zero-order valence-electron chi connectivity index (χ0n) is 10.9. The number of carbonyl (C=O) groups excluding carboxylic acids is 1. The lowest BCUT2D eigenvalue weighted by atomic mass is 10.1. The average Bonchev–Trinajstić information content (AvgIpc) is 2.37. The van der Waals surface area contributed by atoms with Crippen molar-refractivity contribution < 1.29 is 4.79 Å². The number of rotatable bonds is 3. The highest BCUT2D eigenvalue weighted by Crippen LogP contribution is 2.19. The summed E-state index contributed by atoms with van der Waals surface area (Å²) in [7, 11) is 0. The highest BCUT2D eigenvalue weighted by atomic mass is 32.2. The van der Waals surface area contributed by atoms with Crippen LogP contribution in [0.5, 0.6) is 0 Å². The molecule has 3 nitrogen and oxygen atoms in total. The summed E-state index contributed by atoms with van der Waals surface area (Å²) < 4.78 is 0. The minimum absolute atomic E-state index is 0.241. The summed E-state index contributed by atoms with van der Waals surface area (Å²) in [5, 5.41) is 3.34. The van der Waals surface area contributed by atoms with Gasteiger partial charge in [0.2, 0.25) is 5.91 Å². The predicted molar refractivity (Wildman–Crippen MR) is 75.8 cm³/mol. The van der Waals surface area contributed by atoms with Gasteiger partial charge in [-0.2, -0.15) is 0 Å². The zero-order valence-corrected chi connectivity index (χ0v) is 11.7. The summed E-state index contributed by atoms with van der Waals surface area (Å²) in [5.41, 5.74) is 0. The average molecular weight is 264 g/mol.